The van der Waals surface area contributed by atoms with Gasteiger partial charge in [0.1, 0.15) is 0 Å². The molecule has 0 saturated carbocycles. The molecule has 0 unspecified atom stereocenters. The van der Waals surface area contributed by atoms with Crippen LogP contribution in [0.2, 0.25) is 0 Å². The Kier molecular flexibility index (Phi) is 5.64. The van der Waals surface area contributed by atoms with Crippen LogP contribution in [-0.2, 0) is 0 Å². The number of nitrogens with one attached hydrogen (secondary N) is 2. The van der Waals surface area contributed by atoms with Gasteiger partial charge in [-0.25, -0.2) is 9.59 Å². The van der Waals surface area contributed by atoms with Gasteiger partial charge in [-0.05, 0) is 34.5 Å². The van der Waals surface area contributed by atoms with E-state index in [1.165, 1.54) is 6.07 Å². The van der Waals surface area contributed by atoms with Gasteiger partial charge in [-0.15, -0.1) is 0 Å². The molecule has 1 aromatic rings. The molecule has 1 aromatic carbocycles. The summed E-state index contributed by atoms with van der Waals surface area (Å²) < 4.78 is 0.535. The van der Waals surface area contributed by atoms with Gasteiger partial charge in [0.2, 0.25) is 0 Å². The van der Waals surface area contributed by atoms with E-state index in [-0.39, 0.29) is 11.3 Å². The number of carbonyl (C=O) groups is 2. The quantitative estimate of drug-likeness (QED) is 0.731. The highest BCUT2D eigenvalue weighted by Crippen LogP contribution is 2.26. The molecule has 0 fully saturated rings. The third-order valence-electron chi connectivity index (χ3n) is 2.30. The van der Waals surface area contributed by atoms with Crippen molar-refractivity contribution in [3.63, 3.8) is 0 Å². The minimum Gasteiger partial charge on any atom is -0.478 e. The molecule has 0 radical (unpaired) electrons. The van der Waals surface area contributed by atoms with Gasteiger partial charge in [-0.1, -0.05) is 19.4 Å². The highest BCUT2D eigenvalue weighted by molar-refractivity contribution is 9.10. The maximum atomic E-state index is 11.6. The fraction of sp³-hybridized carbons (Fsp3) is 0.333. The molecule has 1 rings (SSSR count). The molecule has 98 valence electrons. The number of carboxylic acids is 1. The lowest BCUT2D eigenvalue weighted by atomic mass is 10.2. The molecule has 18 heavy (non-hydrogen) atoms. The zero-order valence-electron chi connectivity index (χ0n) is 10.00. The molecule has 6 heteroatoms. The number of urea groups is 1. The summed E-state index contributed by atoms with van der Waals surface area (Å²) in [4.78, 5) is 22.6. The molecule has 2 amide bonds. The molecular weight excluding hydrogens is 300 g/mol. The Bertz CT molecular complexity index is 449. The van der Waals surface area contributed by atoms with Crippen LogP contribution in [0, 0.1) is 0 Å². The Hall–Kier alpha value is -1.56. The van der Waals surface area contributed by atoms with E-state index in [9.17, 15) is 9.59 Å². The maximum Gasteiger partial charge on any atom is 0.337 e. The first kappa shape index (κ1) is 14.5. The third-order valence-corrected chi connectivity index (χ3v) is 2.96. The van der Waals surface area contributed by atoms with Crippen LogP contribution in [-0.4, -0.2) is 23.7 Å². The number of aromatic carboxylic acids is 1. The van der Waals surface area contributed by atoms with Crippen molar-refractivity contribution in [3.05, 3.63) is 28.2 Å². The average molecular weight is 315 g/mol. The summed E-state index contributed by atoms with van der Waals surface area (Å²) in [7, 11) is 0. The molecule has 0 spiro atoms. The van der Waals surface area contributed by atoms with Crippen LogP contribution in [0.5, 0.6) is 0 Å². The molecule has 0 aliphatic rings. The van der Waals surface area contributed by atoms with E-state index < -0.39 is 12.0 Å². The number of hydrogen-bond donors (Lipinski definition) is 3. The van der Waals surface area contributed by atoms with E-state index in [0.717, 1.165) is 12.8 Å². The predicted molar refractivity (Wildman–Crippen MR) is 73.0 cm³/mol. The summed E-state index contributed by atoms with van der Waals surface area (Å²) in [5.74, 6) is -1.08. The molecule has 0 heterocycles. The Morgan fingerprint density at radius 3 is 2.72 bits per heavy atom. The fourth-order valence-corrected chi connectivity index (χ4v) is 1.83. The first-order valence-electron chi connectivity index (χ1n) is 5.63. The first-order chi connectivity index (χ1) is 8.56. The number of rotatable bonds is 5. The van der Waals surface area contributed by atoms with Crippen LogP contribution in [0.25, 0.3) is 0 Å². The maximum absolute atomic E-state index is 11.6. The molecule has 0 saturated heterocycles. The zero-order valence-corrected chi connectivity index (χ0v) is 11.6. The van der Waals surface area contributed by atoms with E-state index >= 15 is 0 Å². The summed E-state index contributed by atoms with van der Waals surface area (Å²) in [6.07, 6.45) is 1.87. The number of unbranched alkanes of at least 4 members (excludes halogenated alkanes) is 1. The monoisotopic (exact) mass is 314 g/mol. The van der Waals surface area contributed by atoms with E-state index in [2.05, 4.69) is 26.6 Å². The Balaban J connectivity index is 2.77. The lowest BCUT2D eigenvalue weighted by molar-refractivity contribution is 0.0698. The number of benzene rings is 1. The van der Waals surface area contributed by atoms with Gasteiger partial charge in [0.25, 0.3) is 0 Å². The largest absolute Gasteiger partial charge is 0.478 e. The Morgan fingerprint density at radius 2 is 2.11 bits per heavy atom. The minimum absolute atomic E-state index is 0.0509. The van der Waals surface area contributed by atoms with Crippen molar-refractivity contribution in [2.24, 2.45) is 0 Å². The molecule has 0 aliphatic heterocycles. The van der Waals surface area contributed by atoms with Crippen molar-refractivity contribution < 1.29 is 14.7 Å². The topological polar surface area (TPSA) is 78.4 Å². The normalized spacial score (nSPS) is 9.89. The Morgan fingerprint density at radius 1 is 1.39 bits per heavy atom. The van der Waals surface area contributed by atoms with Crippen molar-refractivity contribution in [1.82, 2.24) is 5.32 Å². The lowest BCUT2D eigenvalue weighted by Gasteiger charge is -2.11. The molecule has 0 bridgehead atoms. The SMILES string of the molecule is CCCCNC(=O)Nc1c(Br)cccc1C(=O)O. The Labute approximate surface area is 114 Å². The van der Waals surface area contributed by atoms with E-state index in [0.29, 0.717) is 11.0 Å². The number of amides is 2. The smallest absolute Gasteiger partial charge is 0.337 e. The van der Waals surface area contributed by atoms with Gasteiger partial charge >= 0.3 is 12.0 Å². The number of halogens is 1. The van der Waals surface area contributed by atoms with Crippen molar-refractivity contribution >= 4 is 33.6 Å². The second-order valence-corrected chi connectivity index (χ2v) is 4.56. The standard InChI is InChI=1S/C12H15BrN2O3/c1-2-3-7-14-12(18)15-10-8(11(16)17)5-4-6-9(10)13/h4-6H,2-3,7H2,1H3,(H,16,17)(H2,14,15,18). The molecule has 0 aliphatic carbocycles. The van der Waals surface area contributed by atoms with Crippen LogP contribution in [0.3, 0.4) is 0 Å². The van der Waals surface area contributed by atoms with Crippen LogP contribution in [0.15, 0.2) is 22.7 Å². The van der Waals surface area contributed by atoms with Crippen molar-refractivity contribution in [3.8, 4) is 0 Å². The van der Waals surface area contributed by atoms with Crippen LogP contribution in [0.4, 0.5) is 10.5 Å². The van der Waals surface area contributed by atoms with Crippen molar-refractivity contribution in [2.45, 2.75) is 19.8 Å². The van der Waals surface area contributed by atoms with Crippen molar-refractivity contribution in [2.75, 3.05) is 11.9 Å². The zero-order chi connectivity index (χ0) is 13.5. The van der Waals surface area contributed by atoms with E-state index in [4.69, 9.17) is 5.11 Å². The number of carboxylic acid groups (broad SMARTS) is 1. The van der Waals surface area contributed by atoms with Crippen molar-refractivity contribution in [1.29, 1.82) is 0 Å². The van der Waals surface area contributed by atoms with Gasteiger partial charge < -0.3 is 15.7 Å². The van der Waals surface area contributed by atoms with Gasteiger partial charge in [-0.3, -0.25) is 0 Å². The summed E-state index contributed by atoms with van der Waals surface area (Å²) in [6.45, 7) is 2.59. The summed E-state index contributed by atoms with van der Waals surface area (Å²) in [5.41, 5.74) is 0.314. The highest BCUT2D eigenvalue weighted by atomic mass is 79.9. The van der Waals surface area contributed by atoms with Gasteiger partial charge in [-0.2, -0.15) is 0 Å². The average Bonchev–Trinajstić information content (AvgIpc) is 2.31. The predicted octanol–water partition coefficient (Wildman–Crippen LogP) is 3.07. The van der Waals surface area contributed by atoms with Gasteiger partial charge in [0.15, 0.2) is 0 Å². The van der Waals surface area contributed by atoms with Crippen LogP contribution >= 0.6 is 15.9 Å². The fourth-order valence-electron chi connectivity index (χ4n) is 1.37. The number of carbonyl (C=O) groups excluding carboxylic acids is 1. The van der Waals surface area contributed by atoms with Crippen LogP contribution in [0.1, 0.15) is 30.1 Å². The molecular formula is C12H15BrN2O3. The number of hydrogen-bond acceptors (Lipinski definition) is 2. The van der Waals surface area contributed by atoms with Gasteiger partial charge in [0.05, 0.1) is 11.3 Å². The highest BCUT2D eigenvalue weighted by Gasteiger charge is 2.14. The second kappa shape index (κ2) is 7.00. The summed E-state index contributed by atoms with van der Waals surface area (Å²) in [6, 6.07) is 4.31. The third kappa shape index (κ3) is 4.03. The first-order valence-corrected chi connectivity index (χ1v) is 6.42. The molecule has 3 N–H and O–H groups in total. The molecule has 0 atom stereocenters. The number of anilines is 1. The molecule has 5 nitrogen and oxygen atoms in total. The minimum atomic E-state index is -1.08. The lowest BCUT2D eigenvalue weighted by Crippen LogP contribution is -2.30. The summed E-state index contributed by atoms with van der Waals surface area (Å²) in [5, 5.41) is 14.2. The summed E-state index contributed by atoms with van der Waals surface area (Å²) >= 11 is 3.22. The van der Waals surface area contributed by atoms with Gasteiger partial charge in [0, 0.05) is 11.0 Å². The van der Waals surface area contributed by atoms with E-state index in [1.807, 2.05) is 6.92 Å². The number of para-hydroxylation sites is 1. The molecule has 0 aromatic heterocycles. The van der Waals surface area contributed by atoms with E-state index in [1.54, 1.807) is 12.1 Å². The van der Waals surface area contributed by atoms with Crippen LogP contribution < -0.4 is 10.6 Å². The second-order valence-electron chi connectivity index (χ2n) is 3.70.